The fourth-order valence-corrected chi connectivity index (χ4v) is 4.29. The highest BCUT2D eigenvalue weighted by atomic mass is 16.5. The van der Waals surface area contributed by atoms with Crippen LogP contribution < -0.4 is 11.1 Å². The molecular weight excluding hydrogens is 320 g/mol. The molecule has 1 aromatic carbocycles. The molecule has 0 spiro atoms. The normalized spacial score (nSPS) is 30.8. The van der Waals surface area contributed by atoms with Crippen molar-refractivity contribution in [1.29, 1.82) is 0 Å². The number of fused-ring (bicyclic) bond motifs is 2. The molecule has 130 valence electrons. The minimum absolute atomic E-state index is 0.00914. The molecule has 3 heterocycles. The van der Waals surface area contributed by atoms with E-state index in [-0.39, 0.29) is 18.1 Å². The number of benzene rings is 1. The molecule has 2 aliphatic heterocycles. The molecule has 0 saturated carbocycles. The molecule has 3 atom stereocenters. The highest BCUT2D eigenvalue weighted by Crippen LogP contribution is 2.41. The smallest absolute Gasteiger partial charge is 0.237 e. The molecule has 0 bridgehead atoms. The zero-order chi connectivity index (χ0) is 17.0. The number of amides is 1. The third-order valence-electron chi connectivity index (χ3n) is 5.84. The molecule has 1 amide bonds. The van der Waals surface area contributed by atoms with Crippen molar-refractivity contribution in [3.63, 3.8) is 0 Å². The Hall–Kier alpha value is -2.25. The summed E-state index contributed by atoms with van der Waals surface area (Å²) in [5, 5.41) is 7.11. The molecule has 2 fully saturated rings. The number of carbonyl (C=O) groups excluding carboxylic acids is 1. The lowest BCUT2D eigenvalue weighted by Gasteiger charge is -2.34. The summed E-state index contributed by atoms with van der Waals surface area (Å²) < 4.78 is 11.4. The predicted octanol–water partition coefficient (Wildman–Crippen LogP) is 1.23. The van der Waals surface area contributed by atoms with Crippen LogP contribution in [0.25, 0.3) is 11.4 Å². The van der Waals surface area contributed by atoms with Crippen molar-refractivity contribution >= 4 is 5.91 Å². The van der Waals surface area contributed by atoms with Crippen LogP contribution in [-0.2, 0) is 21.4 Å². The lowest BCUT2D eigenvalue weighted by atomic mass is 9.77. The first-order valence-corrected chi connectivity index (χ1v) is 8.77. The van der Waals surface area contributed by atoms with E-state index < -0.39 is 5.41 Å². The van der Waals surface area contributed by atoms with Crippen LogP contribution >= 0.6 is 0 Å². The molecule has 7 nitrogen and oxygen atoms in total. The van der Waals surface area contributed by atoms with E-state index in [0.717, 1.165) is 24.8 Å². The van der Waals surface area contributed by atoms with Gasteiger partial charge in [0, 0.05) is 24.8 Å². The summed E-state index contributed by atoms with van der Waals surface area (Å²) in [4.78, 5) is 16.3. The summed E-state index contributed by atoms with van der Waals surface area (Å²) in [6, 6.07) is 6.29. The Morgan fingerprint density at radius 3 is 3.20 bits per heavy atom. The van der Waals surface area contributed by atoms with Crippen LogP contribution in [0.2, 0.25) is 0 Å². The second kappa shape index (κ2) is 5.37. The van der Waals surface area contributed by atoms with Crippen molar-refractivity contribution in [2.75, 3.05) is 13.2 Å². The lowest BCUT2D eigenvalue weighted by molar-refractivity contribution is -0.127. The fourth-order valence-electron chi connectivity index (χ4n) is 4.29. The molecule has 0 radical (unpaired) electrons. The maximum atomic E-state index is 11.7. The van der Waals surface area contributed by atoms with Crippen LogP contribution in [0.4, 0.5) is 0 Å². The monoisotopic (exact) mass is 340 g/mol. The van der Waals surface area contributed by atoms with Crippen molar-refractivity contribution in [2.45, 2.75) is 43.2 Å². The Morgan fingerprint density at radius 1 is 1.36 bits per heavy atom. The largest absolute Gasteiger partial charge is 0.376 e. The van der Waals surface area contributed by atoms with Gasteiger partial charge >= 0.3 is 0 Å². The molecule has 25 heavy (non-hydrogen) atoms. The van der Waals surface area contributed by atoms with E-state index in [9.17, 15) is 4.79 Å². The summed E-state index contributed by atoms with van der Waals surface area (Å²) in [7, 11) is 0. The van der Waals surface area contributed by atoms with Crippen molar-refractivity contribution in [3.05, 3.63) is 35.2 Å². The van der Waals surface area contributed by atoms with Crippen molar-refractivity contribution in [3.8, 4) is 11.4 Å². The molecule has 1 aromatic heterocycles. The number of hydrogen-bond donors (Lipinski definition) is 2. The number of rotatable bonds is 2. The maximum Gasteiger partial charge on any atom is 0.237 e. The fraction of sp³-hybridized carbons (Fsp3) is 0.500. The standard InChI is InChI=1S/C18H20N4O3/c19-13-4-3-10-1-2-11(7-12(10)13)16-21-17(25-22-16)18-5-6-24-14(18)8-15(23)20-9-18/h1-2,7,13-14H,3-6,8-9,19H2,(H,20,23)/t13?,14-,18-/m0/s1. The summed E-state index contributed by atoms with van der Waals surface area (Å²) in [6.45, 7) is 1.08. The van der Waals surface area contributed by atoms with Crippen LogP contribution in [0, 0.1) is 0 Å². The first kappa shape index (κ1) is 15.0. The molecule has 5 rings (SSSR count). The Bertz CT molecular complexity index is 849. The number of nitrogens with two attached hydrogens (primary N) is 1. The van der Waals surface area contributed by atoms with Gasteiger partial charge in [0.15, 0.2) is 0 Å². The summed E-state index contributed by atoms with van der Waals surface area (Å²) in [5.41, 5.74) is 9.16. The predicted molar refractivity (Wildman–Crippen MR) is 88.6 cm³/mol. The lowest BCUT2D eigenvalue weighted by Crippen LogP contribution is -2.53. The zero-order valence-electron chi connectivity index (χ0n) is 13.8. The van der Waals surface area contributed by atoms with Crippen molar-refractivity contribution < 1.29 is 14.1 Å². The number of ether oxygens (including phenoxy) is 1. The van der Waals surface area contributed by atoms with E-state index in [1.54, 1.807) is 0 Å². The van der Waals surface area contributed by atoms with E-state index in [2.05, 4.69) is 27.6 Å². The number of carbonyl (C=O) groups is 1. The number of nitrogens with zero attached hydrogens (tertiary/aromatic N) is 2. The Labute approximate surface area is 144 Å². The average molecular weight is 340 g/mol. The minimum Gasteiger partial charge on any atom is -0.376 e. The van der Waals surface area contributed by atoms with Gasteiger partial charge < -0.3 is 20.3 Å². The van der Waals surface area contributed by atoms with Gasteiger partial charge in [-0.15, -0.1) is 0 Å². The molecule has 2 aromatic rings. The minimum atomic E-state index is -0.410. The van der Waals surface area contributed by atoms with E-state index in [0.29, 0.717) is 31.3 Å². The number of hydrogen-bond acceptors (Lipinski definition) is 6. The Kier molecular flexibility index (Phi) is 3.23. The van der Waals surface area contributed by atoms with Gasteiger partial charge in [0.2, 0.25) is 17.6 Å². The Balaban J connectivity index is 1.50. The van der Waals surface area contributed by atoms with Gasteiger partial charge in [-0.25, -0.2) is 0 Å². The van der Waals surface area contributed by atoms with Gasteiger partial charge in [0.25, 0.3) is 0 Å². The van der Waals surface area contributed by atoms with E-state index in [1.165, 1.54) is 11.1 Å². The van der Waals surface area contributed by atoms with E-state index in [1.807, 2.05) is 6.07 Å². The summed E-state index contributed by atoms with van der Waals surface area (Å²) in [5.74, 6) is 1.12. The van der Waals surface area contributed by atoms with Gasteiger partial charge in [-0.05, 0) is 36.5 Å². The maximum absolute atomic E-state index is 11.7. The molecule has 1 unspecified atom stereocenters. The Morgan fingerprint density at radius 2 is 2.28 bits per heavy atom. The molecule has 3 aliphatic rings. The number of aryl methyl sites for hydroxylation is 1. The molecule has 2 saturated heterocycles. The highest BCUT2D eigenvalue weighted by Gasteiger charge is 2.53. The van der Waals surface area contributed by atoms with E-state index in [4.69, 9.17) is 15.0 Å². The van der Waals surface area contributed by atoms with Crippen LogP contribution in [0.1, 0.15) is 42.3 Å². The van der Waals surface area contributed by atoms with Crippen LogP contribution in [-0.4, -0.2) is 35.3 Å². The third-order valence-corrected chi connectivity index (χ3v) is 5.84. The van der Waals surface area contributed by atoms with Gasteiger partial charge in [-0.2, -0.15) is 4.98 Å². The number of aromatic nitrogens is 2. The van der Waals surface area contributed by atoms with Crippen LogP contribution in [0.5, 0.6) is 0 Å². The molecule has 1 aliphatic carbocycles. The van der Waals surface area contributed by atoms with Gasteiger partial charge in [0.05, 0.1) is 17.9 Å². The third kappa shape index (κ3) is 2.22. The molecular formula is C18H20N4O3. The molecule has 3 N–H and O–H groups in total. The van der Waals surface area contributed by atoms with Crippen molar-refractivity contribution in [2.24, 2.45) is 5.73 Å². The SMILES string of the molecule is NC1CCc2ccc(-c3noc([C@]45CCO[C@H]4CC(=O)NC5)n3)cc21. The molecule has 7 heteroatoms. The van der Waals surface area contributed by atoms with Crippen LogP contribution in [0.3, 0.4) is 0 Å². The van der Waals surface area contributed by atoms with Crippen molar-refractivity contribution in [1.82, 2.24) is 15.5 Å². The topological polar surface area (TPSA) is 103 Å². The van der Waals surface area contributed by atoms with Crippen LogP contribution in [0.15, 0.2) is 22.7 Å². The van der Waals surface area contributed by atoms with E-state index >= 15 is 0 Å². The van der Waals surface area contributed by atoms with Gasteiger partial charge in [0.1, 0.15) is 0 Å². The first-order chi connectivity index (χ1) is 12.2. The quantitative estimate of drug-likeness (QED) is 0.852. The first-order valence-electron chi connectivity index (χ1n) is 8.77. The number of piperidine rings is 1. The second-order valence-electron chi connectivity index (χ2n) is 7.23. The van der Waals surface area contributed by atoms with Gasteiger partial charge in [-0.3, -0.25) is 4.79 Å². The highest BCUT2D eigenvalue weighted by molar-refractivity contribution is 5.78. The summed E-state index contributed by atoms with van der Waals surface area (Å²) >= 11 is 0. The summed E-state index contributed by atoms with van der Waals surface area (Å²) in [6.07, 6.45) is 2.93. The number of nitrogens with one attached hydrogen (secondary N) is 1. The average Bonchev–Trinajstić information content (AvgIpc) is 3.33. The second-order valence-corrected chi connectivity index (χ2v) is 7.23. The van der Waals surface area contributed by atoms with Gasteiger partial charge in [-0.1, -0.05) is 17.3 Å². The zero-order valence-corrected chi connectivity index (χ0v) is 13.8.